The van der Waals surface area contributed by atoms with E-state index in [4.69, 9.17) is 9.72 Å². The Morgan fingerprint density at radius 2 is 1.81 bits per heavy atom. The number of hydrogen-bond donors (Lipinski definition) is 1. The molecule has 36 heavy (non-hydrogen) atoms. The number of benzene rings is 2. The van der Waals surface area contributed by atoms with Gasteiger partial charge >= 0.3 is 0 Å². The molecular weight excluding hydrogens is 476 g/mol. The lowest BCUT2D eigenvalue weighted by atomic mass is 10.1. The second-order valence-corrected chi connectivity index (χ2v) is 10.5. The molecule has 9 nitrogen and oxygen atoms in total. The molecule has 1 saturated heterocycles. The first-order chi connectivity index (χ1) is 17.6. The number of H-pyrrole nitrogens is 1. The highest BCUT2D eigenvalue weighted by molar-refractivity contribution is 7.82. The Labute approximate surface area is 212 Å². The number of aromatic amines is 1. The molecule has 0 amide bonds. The van der Waals surface area contributed by atoms with Crippen LogP contribution in [0.15, 0.2) is 64.3 Å². The van der Waals surface area contributed by atoms with Crippen LogP contribution in [0.25, 0.3) is 11.2 Å². The molecule has 2 unspecified atom stereocenters. The van der Waals surface area contributed by atoms with Crippen LogP contribution in [0, 0.1) is 0 Å². The molecule has 1 N–H and O–H groups in total. The third kappa shape index (κ3) is 5.61. The molecule has 1 aliphatic heterocycles. The van der Waals surface area contributed by atoms with Gasteiger partial charge in [0.1, 0.15) is 16.8 Å². The van der Waals surface area contributed by atoms with Gasteiger partial charge < -0.3 is 9.72 Å². The van der Waals surface area contributed by atoms with E-state index in [-0.39, 0.29) is 17.1 Å². The second-order valence-electron chi connectivity index (χ2n) is 9.06. The van der Waals surface area contributed by atoms with Crippen LogP contribution >= 0.6 is 0 Å². The predicted octanol–water partition coefficient (Wildman–Crippen LogP) is 3.04. The molecule has 2 aromatic carbocycles. The van der Waals surface area contributed by atoms with E-state index in [0.717, 1.165) is 29.7 Å². The molecule has 3 heterocycles. The minimum Gasteiger partial charge on any atom is -0.379 e. The highest BCUT2D eigenvalue weighted by Gasteiger charge is 2.19. The van der Waals surface area contributed by atoms with Gasteiger partial charge in [-0.3, -0.25) is 4.79 Å². The first kappa shape index (κ1) is 24.5. The molecule has 0 saturated carbocycles. The highest BCUT2D eigenvalue weighted by atomic mass is 32.2. The lowest BCUT2D eigenvalue weighted by Crippen LogP contribution is -2.37. The topological polar surface area (TPSA) is 106 Å². The summed E-state index contributed by atoms with van der Waals surface area (Å²) in [6.07, 6.45) is 3.34. The maximum atomic E-state index is 12.8. The first-order valence-electron chi connectivity index (χ1n) is 12.3. The van der Waals surface area contributed by atoms with Crippen LogP contribution in [0.4, 0.5) is 0 Å². The fourth-order valence-electron chi connectivity index (χ4n) is 4.41. The molecule has 2 atom stereocenters. The predicted molar refractivity (Wildman–Crippen MR) is 138 cm³/mol. The summed E-state index contributed by atoms with van der Waals surface area (Å²) >= 11 is 0. The fraction of sp³-hybridized carbons (Fsp3) is 0.385. The van der Waals surface area contributed by atoms with Gasteiger partial charge in [0.2, 0.25) is 0 Å². The van der Waals surface area contributed by atoms with Gasteiger partial charge in [-0.05, 0) is 49.4 Å². The Kier molecular flexibility index (Phi) is 7.64. The summed E-state index contributed by atoms with van der Waals surface area (Å²) in [6, 6.07) is 18.1. The second kappa shape index (κ2) is 11.2. The average Bonchev–Trinajstić information content (AvgIpc) is 3.34. The van der Waals surface area contributed by atoms with Gasteiger partial charge in [-0.1, -0.05) is 47.7 Å². The third-order valence-corrected chi connectivity index (χ3v) is 7.94. The number of nitrogens with one attached hydrogen (secondary N) is 1. The van der Waals surface area contributed by atoms with Crippen molar-refractivity contribution in [2.24, 2.45) is 0 Å². The molecular formula is C26H30N6O3S. The van der Waals surface area contributed by atoms with E-state index in [1.165, 1.54) is 5.56 Å². The molecule has 2 aromatic heterocycles. The van der Waals surface area contributed by atoms with E-state index < -0.39 is 11.0 Å². The lowest BCUT2D eigenvalue weighted by molar-refractivity contribution is 0.0752. The zero-order valence-corrected chi connectivity index (χ0v) is 21.1. The van der Waals surface area contributed by atoms with Crippen LogP contribution in [0.5, 0.6) is 0 Å². The number of aromatic nitrogens is 5. The molecule has 0 aliphatic carbocycles. The molecule has 0 spiro atoms. The molecule has 0 bridgehead atoms. The van der Waals surface area contributed by atoms with Gasteiger partial charge in [0, 0.05) is 19.5 Å². The van der Waals surface area contributed by atoms with E-state index in [0.29, 0.717) is 44.2 Å². The monoisotopic (exact) mass is 506 g/mol. The number of morpholine rings is 1. The maximum Gasteiger partial charge on any atom is 0.281 e. The van der Waals surface area contributed by atoms with Crippen molar-refractivity contribution in [3.8, 4) is 0 Å². The van der Waals surface area contributed by atoms with Gasteiger partial charge in [0.25, 0.3) is 5.56 Å². The van der Waals surface area contributed by atoms with Crippen molar-refractivity contribution >= 4 is 22.1 Å². The van der Waals surface area contributed by atoms with Crippen LogP contribution in [-0.2, 0) is 28.6 Å². The number of ether oxygens (including phenoxy) is 1. The Morgan fingerprint density at radius 3 is 2.56 bits per heavy atom. The summed E-state index contributed by atoms with van der Waals surface area (Å²) in [4.78, 5) is 21.0. The summed E-state index contributed by atoms with van der Waals surface area (Å²) in [5.74, 6) is 0.551. The van der Waals surface area contributed by atoms with Crippen LogP contribution in [-0.4, -0.2) is 59.8 Å². The lowest BCUT2D eigenvalue weighted by Gasteiger charge is -2.25. The zero-order valence-electron chi connectivity index (χ0n) is 20.3. The zero-order chi connectivity index (χ0) is 24.9. The average molecular weight is 507 g/mol. The van der Waals surface area contributed by atoms with Crippen molar-refractivity contribution in [2.45, 2.75) is 43.5 Å². The van der Waals surface area contributed by atoms with E-state index >= 15 is 0 Å². The standard InChI is InChI=1S/C26H30N6O3S/c1-19(6-5-9-20-7-3-2-4-8-20)32-25-24(29-30-32)26(33)28-23(27-25)18-21-10-12-22(13-11-21)36(34)31-14-16-35-17-15-31/h2-4,7-8,10-13,19H,5-6,9,14-18H2,1H3,(H,27,28,33). The van der Waals surface area contributed by atoms with E-state index in [9.17, 15) is 9.00 Å². The highest BCUT2D eigenvalue weighted by Crippen LogP contribution is 2.19. The van der Waals surface area contributed by atoms with Crippen molar-refractivity contribution in [3.05, 3.63) is 81.9 Å². The Balaban J connectivity index is 1.28. The summed E-state index contributed by atoms with van der Waals surface area (Å²) < 4.78 is 21.8. The number of nitrogens with zero attached hydrogens (tertiary/aromatic N) is 5. The van der Waals surface area contributed by atoms with Gasteiger partial charge in [-0.2, -0.15) is 0 Å². The number of fused-ring (bicyclic) bond motifs is 1. The molecule has 188 valence electrons. The van der Waals surface area contributed by atoms with Crippen molar-refractivity contribution in [1.29, 1.82) is 0 Å². The summed E-state index contributed by atoms with van der Waals surface area (Å²) in [5.41, 5.74) is 2.75. The van der Waals surface area contributed by atoms with Crippen molar-refractivity contribution in [3.63, 3.8) is 0 Å². The molecule has 0 radical (unpaired) electrons. The van der Waals surface area contributed by atoms with Gasteiger partial charge in [0.15, 0.2) is 11.2 Å². The molecule has 1 fully saturated rings. The van der Waals surface area contributed by atoms with Crippen LogP contribution in [0.2, 0.25) is 0 Å². The van der Waals surface area contributed by atoms with E-state index in [2.05, 4.69) is 46.5 Å². The van der Waals surface area contributed by atoms with Crippen LogP contribution in [0.1, 0.15) is 42.8 Å². The Hall–Kier alpha value is -3.21. The van der Waals surface area contributed by atoms with Gasteiger partial charge in [-0.25, -0.2) is 18.2 Å². The summed E-state index contributed by atoms with van der Waals surface area (Å²) in [5, 5.41) is 8.33. The first-order valence-corrected chi connectivity index (χ1v) is 13.4. The number of hydrogen-bond acceptors (Lipinski definition) is 6. The molecule has 4 aromatic rings. The normalized spacial score (nSPS) is 16.2. The number of rotatable bonds is 9. The van der Waals surface area contributed by atoms with Gasteiger partial charge in [-0.15, -0.1) is 5.10 Å². The van der Waals surface area contributed by atoms with Crippen molar-refractivity contribution in [1.82, 2.24) is 29.3 Å². The Bertz CT molecular complexity index is 1380. The van der Waals surface area contributed by atoms with Crippen LogP contribution < -0.4 is 5.56 Å². The fourth-order valence-corrected chi connectivity index (χ4v) is 5.56. The van der Waals surface area contributed by atoms with Crippen LogP contribution in [0.3, 0.4) is 0 Å². The number of aryl methyl sites for hydroxylation is 1. The quantitative estimate of drug-likeness (QED) is 0.374. The molecule has 1 aliphatic rings. The van der Waals surface area contributed by atoms with Crippen molar-refractivity contribution < 1.29 is 8.95 Å². The van der Waals surface area contributed by atoms with E-state index in [1.54, 1.807) is 4.68 Å². The third-order valence-electron chi connectivity index (χ3n) is 6.43. The smallest absolute Gasteiger partial charge is 0.281 e. The minimum atomic E-state index is -1.21. The minimum absolute atomic E-state index is 0.0651. The molecule has 5 rings (SSSR count). The van der Waals surface area contributed by atoms with E-state index in [1.807, 2.05) is 34.6 Å². The summed E-state index contributed by atoms with van der Waals surface area (Å²) in [7, 11) is -1.21. The van der Waals surface area contributed by atoms with Crippen molar-refractivity contribution in [2.75, 3.05) is 26.3 Å². The maximum absolute atomic E-state index is 12.8. The molecule has 10 heteroatoms. The SMILES string of the molecule is CC(CCCc1ccccc1)n1nnc2c(=O)[nH]c(Cc3ccc(S(=O)N4CCOCC4)cc3)nc21. The Morgan fingerprint density at radius 1 is 1.06 bits per heavy atom. The van der Waals surface area contributed by atoms with Gasteiger partial charge in [0.05, 0.1) is 24.2 Å². The summed E-state index contributed by atoms with van der Waals surface area (Å²) in [6.45, 7) is 4.59. The largest absolute Gasteiger partial charge is 0.379 e.